The molecule has 0 radical (unpaired) electrons. The molecule has 0 unspecified atom stereocenters. The fourth-order valence-electron chi connectivity index (χ4n) is 1.62. The number of hydrogen-bond acceptors (Lipinski definition) is 7. The number of ether oxygens (including phenoxy) is 1. The third-order valence-electron chi connectivity index (χ3n) is 3.01. The smallest absolute Gasteiger partial charge is 0.373 e. The van der Waals surface area contributed by atoms with Gasteiger partial charge in [-0.05, 0) is 19.3 Å². The zero-order valence-corrected chi connectivity index (χ0v) is 14.6. The summed E-state index contributed by atoms with van der Waals surface area (Å²) in [5, 5.41) is 22.2. The van der Waals surface area contributed by atoms with Crippen LogP contribution in [0.25, 0.3) is 0 Å². The van der Waals surface area contributed by atoms with Crippen molar-refractivity contribution >= 4 is 30.1 Å². The van der Waals surface area contributed by atoms with Gasteiger partial charge in [0.05, 0.1) is 6.61 Å². The molecule has 0 aliphatic heterocycles. The van der Waals surface area contributed by atoms with Gasteiger partial charge in [-0.15, -0.1) is 0 Å². The molecule has 0 heterocycles. The topological polar surface area (TPSA) is 176 Å². The number of carbonyl (C=O) groups excluding carboxylic acids is 4. The highest BCUT2D eigenvalue weighted by Crippen LogP contribution is 2.02. The van der Waals surface area contributed by atoms with Crippen LogP contribution in [-0.4, -0.2) is 59.0 Å². The molecule has 0 rings (SSSR count). The van der Waals surface area contributed by atoms with Crippen LogP contribution < -0.4 is 10.6 Å². The Balaban J connectivity index is 0. The van der Waals surface area contributed by atoms with Crippen molar-refractivity contribution in [3.8, 4) is 0 Å². The van der Waals surface area contributed by atoms with Gasteiger partial charge in [-0.3, -0.25) is 4.79 Å². The molecule has 11 heteroatoms. The van der Waals surface area contributed by atoms with Crippen LogP contribution in [-0.2, 0) is 28.7 Å². The maximum absolute atomic E-state index is 11.6. The maximum Gasteiger partial charge on any atom is 0.373 e. The lowest BCUT2D eigenvalue weighted by Crippen LogP contribution is -2.51. The Morgan fingerprint density at radius 1 is 1.00 bits per heavy atom. The van der Waals surface area contributed by atoms with Gasteiger partial charge in [-0.25, -0.2) is 14.4 Å². The van der Waals surface area contributed by atoms with Gasteiger partial charge in [0.15, 0.2) is 0 Å². The Morgan fingerprint density at radius 2 is 1.50 bits per heavy atom. The summed E-state index contributed by atoms with van der Waals surface area (Å²) in [6, 6.07) is -3.32. The van der Waals surface area contributed by atoms with E-state index in [2.05, 4.69) is 10.6 Å². The molecular formula is C15H24N2O9. The van der Waals surface area contributed by atoms with Gasteiger partial charge in [-0.1, -0.05) is 20.3 Å². The molecule has 0 aromatic heterocycles. The van der Waals surface area contributed by atoms with E-state index in [1.165, 1.54) is 0 Å². The summed E-state index contributed by atoms with van der Waals surface area (Å²) in [5.74, 6) is -3.07. The van der Waals surface area contributed by atoms with Gasteiger partial charge < -0.3 is 25.6 Å². The van der Waals surface area contributed by atoms with Crippen molar-refractivity contribution in [2.45, 2.75) is 58.0 Å². The summed E-state index contributed by atoms with van der Waals surface area (Å²) in [4.78, 5) is 61.2. The van der Waals surface area contributed by atoms with Gasteiger partial charge in [0.2, 0.25) is 0 Å². The third-order valence-corrected chi connectivity index (χ3v) is 3.01. The van der Waals surface area contributed by atoms with Gasteiger partial charge in [0, 0.05) is 6.42 Å². The summed E-state index contributed by atoms with van der Waals surface area (Å²) in [6.07, 6.45) is 1.70. The number of esters is 1. The first-order valence-electron chi connectivity index (χ1n) is 7.90. The number of aliphatic carboxylic acids is 2. The minimum Gasteiger partial charge on any atom is -0.480 e. The minimum absolute atomic E-state index is 0.141. The average molecular weight is 376 g/mol. The van der Waals surface area contributed by atoms with Crippen LogP contribution in [0.15, 0.2) is 0 Å². The largest absolute Gasteiger partial charge is 0.480 e. The summed E-state index contributed by atoms with van der Waals surface area (Å²) >= 11 is 0. The maximum atomic E-state index is 11.6. The highest BCUT2D eigenvalue weighted by molar-refractivity contribution is 5.86. The number of rotatable bonds is 11. The minimum atomic E-state index is -1.31. The van der Waals surface area contributed by atoms with Gasteiger partial charge in [0.25, 0.3) is 0 Å². The van der Waals surface area contributed by atoms with Crippen molar-refractivity contribution in [2.75, 3.05) is 6.61 Å². The van der Waals surface area contributed by atoms with E-state index in [1.54, 1.807) is 6.92 Å². The van der Waals surface area contributed by atoms with Crippen molar-refractivity contribution in [3.05, 3.63) is 0 Å². The molecule has 0 spiro atoms. The van der Waals surface area contributed by atoms with Crippen LogP contribution >= 0.6 is 0 Å². The van der Waals surface area contributed by atoms with E-state index in [9.17, 15) is 19.2 Å². The zero-order chi connectivity index (χ0) is 20.5. The van der Waals surface area contributed by atoms with Crippen molar-refractivity contribution in [1.29, 1.82) is 0 Å². The van der Waals surface area contributed by atoms with E-state index in [0.717, 1.165) is 12.8 Å². The number of nitrogens with one attached hydrogen (secondary N) is 2. The summed E-state index contributed by atoms with van der Waals surface area (Å²) in [6.45, 7) is 3.79. The van der Waals surface area contributed by atoms with Gasteiger partial charge >= 0.3 is 30.1 Å². The van der Waals surface area contributed by atoms with E-state index < -0.39 is 36.0 Å². The SMILES string of the molecule is CCCCOC(=O)CC[C@H](NC(=O)N[C@@H](CC)C(=O)O)C(=O)O.O=C=O. The van der Waals surface area contributed by atoms with E-state index in [4.69, 9.17) is 24.5 Å². The fourth-order valence-corrected chi connectivity index (χ4v) is 1.62. The molecular weight excluding hydrogens is 352 g/mol. The Hall–Kier alpha value is -2.94. The van der Waals surface area contributed by atoms with Gasteiger partial charge in [0.1, 0.15) is 12.1 Å². The number of hydrogen-bond donors (Lipinski definition) is 4. The molecule has 0 aromatic rings. The molecule has 4 N–H and O–H groups in total. The molecule has 2 atom stereocenters. The average Bonchev–Trinajstić information content (AvgIpc) is 2.56. The molecule has 0 aliphatic rings. The molecule has 0 fully saturated rings. The lowest BCUT2D eigenvalue weighted by molar-refractivity contribution is -0.191. The Labute approximate surface area is 150 Å². The van der Waals surface area contributed by atoms with Crippen molar-refractivity contribution in [3.63, 3.8) is 0 Å². The second-order valence-corrected chi connectivity index (χ2v) is 5.00. The van der Waals surface area contributed by atoms with Crippen LogP contribution in [0.5, 0.6) is 0 Å². The molecule has 0 aromatic carbocycles. The van der Waals surface area contributed by atoms with Crippen LogP contribution in [0.3, 0.4) is 0 Å². The molecule has 2 amide bonds. The van der Waals surface area contributed by atoms with Crippen LogP contribution in [0.4, 0.5) is 4.79 Å². The first-order chi connectivity index (χ1) is 12.2. The Kier molecular flexibility index (Phi) is 15.2. The highest BCUT2D eigenvalue weighted by atomic mass is 16.5. The lowest BCUT2D eigenvalue weighted by Gasteiger charge is -2.17. The number of carbonyl (C=O) groups is 4. The van der Waals surface area contributed by atoms with Crippen LogP contribution in [0.1, 0.15) is 46.0 Å². The molecule has 0 aliphatic carbocycles. The Morgan fingerprint density at radius 3 is 1.92 bits per heavy atom. The molecule has 11 nitrogen and oxygen atoms in total. The molecule has 0 saturated heterocycles. The fraction of sp³-hybridized carbons (Fsp3) is 0.667. The molecule has 0 bridgehead atoms. The van der Waals surface area contributed by atoms with E-state index >= 15 is 0 Å². The number of carboxylic acid groups (broad SMARTS) is 2. The van der Waals surface area contributed by atoms with Crippen LogP contribution in [0.2, 0.25) is 0 Å². The summed E-state index contributed by atoms with van der Waals surface area (Å²) in [7, 11) is 0. The quantitative estimate of drug-likeness (QED) is 0.288. The van der Waals surface area contributed by atoms with Crippen molar-refractivity contribution in [1.82, 2.24) is 10.6 Å². The predicted octanol–water partition coefficient (Wildman–Crippen LogP) is 0.142. The first-order valence-corrected chi connectivity index (χ1v) is 7.90. The number of urea groups is 1. The second-order valence-electron chi connectivity index (χ2n) is 5.00. The van der Waals surface area contributed by atoms with Gasteiger partial charge in [-0.2, -0.15) is 9.59 Å². The third kappa shape index (κ3) is 13.5. The van der Waals surface area contributed by atoms with Crippen LogP contribution in [0, 0.1) is 0 Å². The molecule has 0 saturated carbocycles. The zero-order valence-electron chi connectivity index (χ0n) is 14.6. The number of unbranched alkanes of at least 4 members (excludes halogenated alkanes) is 1. The first kappa shape index (κ1) is 25.3. The monoisotopic (exact) mass is 376 g/mol. The molecule has 26 heavy (non-hydrogen) atoms. The van der Waals surface area contributed by atoms with E-state index in [1.807, 2.05) is 6.92 Å². The summed E-state index contributed by atoms with van der Waals surface area (Å²) < 4.78 is 4.89. The second kappa shape index (κ2) is 15.6. The standard InChI is InChI=1S/C14H24N2O7.CO2/c1-3-5-8-23-11(17)7-6-10(13(20)21)16-14(22)15-9(4-2)12(18)19;2-1-3/h9-10H,3-8H2,1-2H3,(H,18,19)(H,20,21)(H2,15,16,22);/t9-,10-;/m0./s1. The molecule has 148 valence electrons. The van der Waals surface area contributed by atoms with Crippen molar-refractivity contribution < 1.29 is 43.7 Å². The van der Waals surface area contributed by atoms with E-state index in [-0.39, 0.29) is 32.0 Å². The Bertz CT molecular complexity index is 501. The van der Waals surface area contributed by atoms with E-state index in [0.29, 0.717) is 0 Å². The normalized spacial score (nSPS) is 11.6. The lowest BCUT2D eigenvalue weighted by atomic mass is 10.1. The number of amides is 2. The summed E-state index contributed by atoms with van der Waals surface area (Å²) in [5.41, 5.74) is 0. The number of carboxylic acids is 2. The highest BCUT2D eigenvalue weighted by Gasteiger charge is 2.24. The van der Waals surface area contributed by atoms with Crippen molar-refractivity contribution in [2.24, 2.45) is 0 Å². The predicted molar refractivity (Wildman–Crippen MR) is 84.9 cm³/mol.